The molecule has 0 saturated carbocycles. The molecule has 0 unspecified atom stereocenters. The Balaban J connectivity index is 1.42. The first-order chi connectivity index (χ1) is 17.1. The highest BCUT2D eigenvalue weighted by atomic mass is 32.2. The number of rotatable bonds is 7. The molecule has 0 heterocycles. The molecule has 0 aliphatic carbocycles. The number of sulfone groups is 1. The number of nitrogens with one attached hydrogen (secondary N) is 1. The van der Waals surface area contributed by atoms with Crippen molar-refractivity contribution in [2.75, 3.05) is 10.2 Å². The first-order valence-electron chi connectivity index (χ1n) is 11.3. The average molecular weight is 477 g/mol. The lowest BCUT2D eigenvalue weighted by Crippen LogP contribution is -2.10. The molecule has 0 fully saturated rings. The fourth-order valence-corrected chi connectivity index (χ4v) is 5.18. The molecule has 0 amide bonds. The largest absolute Gasteiger partial charge is 0.356 e. The number of hydrogen-bond acceptors (Lipinski definition) is 4. The van der Waals surface area contributed by atoms with Crippen molar-refractivity contribution in [3.8, 4) is 0 Å². The van der Waals surface area contributed by atoms with E-state index in [4.69, 9.17) is 0 Å². The minimum Gasteiger partial charge on any atom is -0.356 e. The number of hydrogen-bond donors (Lipinski definition) is 1. The van der Waals surface area contributed by atoms with Crippen molar-refractivity contribution in [2.24, 2.45) is 0 Å². The van der Waals surface area contributed by atoms with E-state index in [2.05, 4.69) is 10.2 Å². The summed E-state index contributed by atoms with van der Waals surface area (Å²) in [7, 11) is -3.65. The van der Waals surface area contributed by atoms with Crippen molar-refractivity contribution in [1.29, 1.82) is 0 Å². The third-order valence-corrected chi connectivity index (χ3v) is 7.45. The van der Waals surface area contributed by atoms with E-state index in [1.807, 2.05) is 103 Å². The molecular weight excluding hydrogens is 452 g/mol. The predicted octanol–water partition coefficient (Wildman–Crippen LogP) is 7.73. The smallest absolute Gasteiger partial charge is 0.206 e. The molecule has 1 N–H and O–H groups in total. The first-order valence-corrected chi connectivity index (χ1v) is 12.8. The van der Waals surface area contributed by atoms with Crippen molar-refractivity contribution in [3.63, 3.8) is 0 Å². The van der Waals surface area contributed by atoms with Crippen molar-refractivity contribution in [3.05, 3.63) is 140 Å². The Bertz CT molecular complexity index is 1450. The first kappa shape index (κ1) is 22.4. The fraction of sp³-hybridized carbons (Fsp3) is 0. The van der Waals surface area contributed by atoms with E-state index in [9.17, 15) is 8.42 Å². The molecule has 0 saturated heterocycles. The molecule has 0 atom stereocenters. The van der Waals surface area contributed by atoms with E-state index in [-0.39, 0.29) is 9.79 Å². The lowest BCUT2D eigenvalue weighted by molar-refractivity contribution is 0.596. The normalized spacial score (nSPS) is 11.1. The number of anilines is 5. The Morgan fingerprint density at radius 3 is 1.29 bits per heavy atom. The van der Waals surface area contributed by atoms with E-state index < -0.39 is 9.84 Å². The van der Waals surface area contributed by atoms with Crippen LogP contribution in [0.2, 0.25) is 0 Å². The van der Waals surface area contributed by atoms with Crippen LogP contribution in [0.25, 0.3) is 0 Å². The highest BCUT2D eigenvalue weighted by molar-refractivity contribution is 7.91. The highest BCUT2D eigenvalue weighted by Gasteiger charge is 2.19. The standard InChI is InChI=1S/C30H24N2O2S/c33-35(34,29-20-16-25(17-21-29)31-24-10-4-1-5-11-24)30-22-18-28(19-23-30)32(26-12-6-2-7-13-26)27-14-8-3-9-15-27/h1-23,31H. The molecule has 35 heavy (non-hydrogen) atoms. The van der Waals surface area contributed by atoms with Crippen molar-refractivity contribution >= 4 is 38.3 Å². The number of benzene rings is 5. The summed E-state index contributed by atoms with van der Waals surface area (Å²) in [6, 6.07) is 43.6. The van der Waals surface area contributed by atoms with E-state index in [0.717, 1.165) is 28.4 Å². The lowest BCUT2D eigenvalue weighted by atomic mass is 10.2. The van der Waals surface area contributed by atoms with Crippen LogP contribution in [-0.4, -0.2) is 8.42 Å². The summed E-state index contributed by atoms with van der Waals surface area (Å²) < 4.78 is 26.6. The SMILES string of the molecule is O=S(=O)(c1ccc(Nc2ccccc2)cc1)c1ccc(N(c2ccccc2)c2ccccc2)cc1. The van der Waals surface area contributed by atoms with Gasteiger partial charge in [0.1, 0.15) is 0 Å². The molecule has 172 valence electrons. The van der Waals surface area contributed by atoms with Gasteiger partial charge in [0.25, 0.3) is 0 Å². The Kier molecular flexibility index (Phi) is 6.33. The molecule has 0 aliphatic rings. The Morgan fingerprint density at radius 1 is 0.429 bits per heavy atom. The number of para-hydroxylation sites is 3. The summed E-state index contributed by atoms with van der Waals surface area (Å²) in [4.78, 5) is 2.61. The topological polar surface area (TPSA) is 49.4 Å². The van der Waals surface area contributed by atoms with Crippen molar-refractivity contribution in [2.45, 2.75) is 9.79 Å². The van der Waals surface area contributed by atoms with Gasteiger partial charge in [-0.15, -0.1) is 0 Å². The van der Waals surface area contributed by atoms with E-state index in [1.54, 1.807) is 36.4 Å². The summed E-state index contributed by atoms with van der Waals surface area (Å²) in [5, 5.41) is 3.27. The second-order valence-electron chi connectivity index (χ2n) is 8.02. The summed E-state index contributed by atoms with van der Waals surface area (Å²) >= 11 is 0. The Hall–Kier alpha value is -4.35. The zero-order chi connectivity index (χ0) is 24.1. The quantitative estimate of drug-likeness (QED) is 0.261. The molecule has 0 bridgehead atoms. The van der Waals surface area contributed by atoms with Crippen molar-refractivity contribution in [1.82, 2.24) is 0 Å². The van der Waals surface area contributed by atoms with Gasteiger partial charge >= 0.3 is 0 Å². The van der Waals surface area contributed by atoms with Gasteiger partial charge in [-0.2, -0.15) is 0 Å². The van der Waals surface area contributed by atoms with Crippen LogP contribution >= 0.6 is 0 Å². The summed E-state index contributed by atoms with van der Waals surface area (Å²) in [5.74, 6) is 0. The molecule has 0 aliphatic heterocycles. The van der Waals surface area contributed by atoms with Gasteiger partial charge < -0.3 is 10.2 Å². The maximum absolute atomic E-state index is 13.3. The molecular formula is C30H24N2O2S. The molecule has 5 aromatic carbocycles. The Labute approximate surface area is 206 Å². The zero-order valence-corrected chi connectivity index (χ0v) is 19.8. The third-order valence-electron chi connectivity index (χ3n) is 5.66. The minimum absolute atomic E-state index is 0.256. The highest BCUT2D eigenvalue weighted by Crippen LogP contribution is 2.35. The van der Waals surface area contributed by atoms with E-state index in [1.165, 1.54) is 0 Å². The molecule has 0 aromatic heterocycles. The van der Waals surface area contributed by atoms with Crippen LogP contribution < -0.4 is 10.2 Å². The van der Waals surface area contributed by atoms with Gasteiger partial charge in [-0.1, -0.05) is 54.6 Å². The summed E-state index contributed by atoms with van der Waals surface area (Å²) in [6.07, 6.45) is 0. The van der Waals surface area contributed by atoms with E-state index >= 15 is 0 Å². The molecule has 4 nitrogen and oxygen atoms in total. The van der Waals surface area contributed by atoms with Crippen LogP contribution in [-0.2, 0) is 9.84 Å². The Morgan fingerprint density at radius 2 is 0.800 bits per heavy atom. The van der Waals surface area contributed by atoms with Crippen LogP contribution in [0.1, 0.15) is 0 Å². The number of nitrogens with zero attached hydrogens (tertiary/aromatic N) is 1. The van der Waals surface area contributed by atoms with Gasteiger partial charge in [0.15, 0.2) is 0 Å². The van der Waals surface area contributed by atoms with Gasteiger partial charge in [0.05, 0.1) is 9.79 Å². The van der Waals surface area contributed by atoms with Crippen LogP contribution in [0.5, 0.6) is 0 Å². The van der Waals surface area contributed by atoms with Crippen LogP contribution in [0.4, 0.5) is 28.4 Å². The average Bonchev–Trinajstić information content (AvgIpc) is 2.91. The van der Waals surface area contributed by atoms with Crippen LogP contribution in [0, 0.1) is 0 Å². The lowest BCUT2D eigenvalue weighted by Gasteiger charge is -2.25. The second kappa shape index (κ2) is 9.87. The molecule has 0 spiro atoms. The maximum atomic E-state index is 13.3. The van der Waals surface area contributed by atoms with Crippen LogP contribution in [0.3, 0.4) is 0 Å². The van der Waals surface area contributed by atoms with Gasteiger partial charge in [0, 0.05) is 28.4 Å². The molecule has 5 rings (SSSR count). The third kappa shape index (κ3) is 4.95. The van der Waals surface area contributed by atoms with Crippen LogP contribution in [0.15, 0.2) is 149 Å². The predicted molar refractivity (Wildman–Crippen MR) is 143 cm³/mol. The van der Waals surface area contributed by atoms with Gasteiger partial charge in [-0.05, 0) is 84.9 Å². The van der Waals surface area contributed by atoms with Crippen molar-refractivity contribution < 1.29 is 8.42 Å². The van der Waals surface area contributed by atoms with E-state index in [0.29, 0.717) is 0 Å². The minimum atomic E-state index is -3.65. The monoisotopic (exact) mass is 476 g/mol. The van der Waals surface area contributed by atoms with Gasteiger partial charge in [-0.25, -0.2) is 8.42 Å². The summed E-state index contributed by atoms with van der Waals surface area (Å²) in [5.41, 5.74) is 4.64. The molecule has 5 heteroatoms. The molecule has 5 aromatic rings. The summed E-state index contributed by atoms with van der Waals surface area (Å²) in [6.45, 7) is 0. The van der Waals surface area contributed by atoms with Gasteiger partial charge in [0.2, 0.25) is 9.84 Å². The maximum Gasteiger partial charge on any atom is 0.206 e. The van der Waals surface area contributed by atoms with Gasteiger partial charge in [-0.3, -0.25) is 0 Å². The molecule has 0 radical (unpaired) electrons. The zero-order valence-electron chi connectivity index (χ0n) is 19.0. The fourth-order valence-electron chi connectivity index (χ4n) is 3.92. The second-order valence-corrected chi connectivity index (χ2v) is 9.97.